The lowest BCUT2D eigenvalue weighted by molar-refractivity contribution is 0.925. The minimum absolute atomic E-state index is 0.605. The minimum Gasteiger partial charge on any atom is -0.326 e. The first-order valence-corrected chi connectivity index (χ1v) is 6.72. The number of nitrogens with two attached hydrogens (primary N) is 1. The Morgan fingerprint density at radius 3 is 2.59 bits per heavy atom. The van der Waals surface area contributed by atoms with E-state index in [2.05, 4.69) is 36.2 Å². The standard InChI is InChI=1S/C14H18N2S/c1-10-5-3-4-6-12(10)7-8-14-16-11(2)13(9-15)17-14/h3-6H,7-9,15H2,1-2H3. The lowest BCUT2D eigenvalue weighted by Gasteiger charge is -2.03. The molecule has 0 saturated heterocycles. The van der Waals surface area contributed by atoms with Crippen molar-refractivity contribution in [2.24, 2.45) is 5.73 Å². The second kappa shape index (κ2) is 5.43. The summed E-state index contributed by atoms with van der Waals surface area (Å²) in [6, 6.07) is 8.53. The molecule has 0 radical (unpaired) electrons. The van der Waals surface area contributed by atoms with Crippen LogP contribution < -0.4 is 5.73 Å². The van der Waals surface area contributed by atoms with Gasteiger partial charge in [-0.3, -0.25) is 0 Å². The maximum Gasteiger partial charge on any atom is 0.0934 e. The predicted octanol–water partition coefficient (Wildman–Crippen LogP) is 3.00. The van der Waals surface area contributed by atoms with Gasteiger partial charge in [0, 0.05) is 17.8 Å². The normalized spacial score (nSPS) is 10.8. The molecule has 1 heterocycles. The maximum absolute atomic E-state index is 5.67. The molecule has 0 spiro atoms. The van der Waals surface area contributed by atoms with Crippen LogP contribution in [0.5, 0.6) is 0 Å². The molecule has 0 amide bonds. The maximum atomic E-state index is 5.67. The van der Waals surface area contributed by atoms with E-state index in [9.17, 15) is 0 Å². The fourth-order valence-electron chi connectivity index (χ4n) is 1.92. The van der Waals surface area contributed by atoms with Crippen molar-refractivity contribution in [3.8, 4) is 0 Å². The molecule has 1 aromatic heterocycles. The first-order valence-electron chi connectivity index (χ1n) is 5.90. The van der Waals surface area contributed by atoms with Crippen LogP contribution in [0.25, 0.3) is 0 Å². The van der Waals surface area contributed by atoms with Crippen LogP contribution in [-0.4, -0.2) is 4.98 Å². The zero-order chi connectivity index (χ0) is 12.3. The molecular weight excluding hydrogens is 228 g/mol. The van der Waals surface area contributed by atoms with E-state index in [-0.39, 0.29) is 0 Å². The summed E-state index contributed by atoms with van der Waals surface area (Å²) < 4.78 is 0. The van der Waals surface area contributed by atoms with Crippen LogP contribution >= 0.6 is 11.3 Å². The quantitative estimate of drug-likeness (QED) is 0.900. The Kier molecular flexibility index (Phi) is 3.92. The van der Waals surface area contributed by atoms with E-state index in [1.807, 2.05) is 6.92 Å². The number of hydrogen-bond acceptors (Lipinski definition) is 3. The fourth-order valence-corrected chi connectivity index (χ4v) is 2.86. The number of thiazole rings is 1. The summed E-state index contributed by atoms with van der Waals surface area (Å²) in [5.41, 5.74) is 9.53. The summed E-state index contributed by atoms with van der Waals surface area (Å²) in [6.45, 7) is 4.80. The Balaban J connectivity index is 2.05. The van der Waals surface area contributed by atoms with Crippen molar-refractivity contribution in [1.82, 2.24) is 4.98 Å². The highest BCUT2D eigenvalue weighted by atomic mass is 32.1. The Labute approximate surface area is 107 Å². The molecule has 0 aliphatic carbocycles. The minimum atomic E-state index is 0.605. The molecular formula is C14H18N2S. The molecule has 0 aliphatic rings. The second-order valence-electron chi connectivity index (χ2n) is 4.25. The van der Waals surface area contributed by atoms with Gasteiger partial charge in [0.2, 0.25) is 0 Å². The fraction of sp³-hybridized carbons (Fsp3) is 0.357. The van der Waals surface area contributed by atoms with Crippen molar-refractivity contribution in [3.63, 3.8) is 0 Å². The monoisotopic (exact) mass is 246 g/mol. The van der Waals surface area contributed by atoms with Gasteiger partial charge in [-0.15, -0.1) is 11.3 Å². The van der Waals surface area contributed by atoms with E-state index >= 15 is 0 Å². The van der Waals surface area contributed by atoms with Crippen molar-refractivity contribution in [2.45, 2.75) is 33.2 Å². The highest BCUT2D eigenvalue weighted by molar-refractivity contribution is 7.11. The van der Waals surface area contributed by atoms with E-state index in [1.165, 1.54) is 21.0 Å². The molecule has 0 saturated carbocycles. The second-order valence-corrected chi connectivity index (χ2v) is 5.41. The summed E-state index contributed by atoms with van der Waals surface area (Å²) in [7, 11) is 0. The summed E-state index contributed by atoms with van der Waals surface area (Å²) in [5.74, 6) is 0. The molecule has 2 nitrogen and oxygen atoms in total. The molecule has 17 heavy (non-hydrogen) atoms. The van der Waals surface area contributed by atoms with Gasteiger partial charge in [0.1, 0.15) is 0 Å². The highest BCUT2D eigenvalue weighted by Gasteiger charge is 2.06. The Hall–Kier alpha value is -1.19. The molecule has 1 aromatic carbocycles. The summed E-state index contributed by atoms with van der Waals surface area (Å²) >= 11 is 1.75. The number of hydrogen-bond donors (Lipinski definition) is 1. The number of aromatic nitrogens is 1. The van der Waals surface area contributed by atoms with Crippen LogP contribution in [0.2, 0.25) is 0 Å². The van der Waals surface area contributed by atoms with Crippen LogP contribution in [0.3, 0.4) is 0 Å². The Morgan fingerprint density at radius 2 is 1.94 bits per heavy atom. The third-order valence-electron chi connectivity index (χ3n) is 2.99. The van der Waals surface area contributed by atoms with Crippen LogP contribution in [-0.2, 0) is 19.4 Å². The lowest BCUT2D eigenvalue weighted by atomic mass is 10.0. The number of aryl methyl sites for hydroxylation is 4. The zero-order valence-corrected chi connectivity index (χ0v) is 11.2. The van der Waals surface area contributed by atoms with Crippen LogP contribution in [0.1, 0.15) is 26.7 Å². The van der Waals surface area contributed by atoms with Crippen molar-refractivity contribution in [3.05, 3.63) is 51.0 Å². The lowest BCUT2D eigenvalue weighted by Crippen LogP contribution is -1.94. The summed E-state index contributed by atoms with van der Waals surface area (Å²) in [6.07, 6.45) is 2.07. The first kappa shape index (κ1) is 12.3. The average molecular weight is 246 g/mol. The van der Waals surface area contributed by atoms with Gasteiger partial charge in [0.15, 0.2) is 0 Å². The van der Waals surface area contributed by atoms with Gasteiger partial charge in [-0.1, -0.05) is 24.3 Å². The number of rotatable bonds is 4. The topological polar surface area (TPSA) is 38.9 Å². The van der Waals surface area contributed by atoms with Gasteiger partial charge in [0.25, 0.3) is 0 Å². The third-order valence-corrected chi connectivity index (χ3v) is 4.23. The van der Waals surface area contributed by atoms with E-state index in [1.54, 1.807) is 11.3 Å². The first-order chi connectivity index (χ1) is 8.20. The highest BCUT2D eigenvalue weighted by Crippen LogP contribution is 2.19. The van der Waals surface area contributed by atoms with E-state index in [4.69, 9.17) is 5.73 Å². The number of nitrogens with zero attached hydrogens (tertiary/aromatic N) is 1. The van der Waals surface area contributed by atoms with Gasteiger partial charge in [-0.25, -0.2) is 4.98 Å². The van der Waals surface area contributed by atoms with Gasteiger partial charge in [-0.2, -0.15) is 0 Å². The average Bonchev–Trinajstić information content (AvgIpc) is 2.69. The largest absolute Gasteiger partial charge is 0.326 e. The Morgan fingerprint density at radius 1 is 1.18 bits per heavy atom. The van der Waals surface area contributed by atoms with Crippen LogP contribution in [0.15, 0.2) is 24.3 Å². The molecule has 0 aliphatic heterocycles. The molecule has 0 fully saturated rings. The SMILES string of the molecule is Cc1ccccc1CCc1nc(C)c(CN)s1. The molecule has 90 valence electrons. The molecule has 3 heteroatoms. The summed E-state index contributed by atoms with van der Waals surface area (Å²) in [4.78, 5) is 5.78. The Bertz CT molecular complexity index is 503. The molecule has 2 rings (SSSR count). The molecule has 0 unspecified atom stereocenters. The van der Waals surface area contributed by atoms with Gasteiger partial charge >= 0.3 is 0 Å². The van der Waals surface area contributed by atoms with Crippen LogP contribution in [0.4, 0.5) is 0 Å². The molecule has 2 aromatic rings. The number of benzene rings is 1. The molecule has 0 bridgehead atoms. The van der Waals surface area contributed by atoms with E-state index in [0.717, 1.165) is 18.5 Å². The molecule has 2 N–H and O–H groups in total. The third kappa shape index (κ3) is 2.93. The molecule has 0 atom stereocenters. The van der Waals surface area contributed by atoms with Gasteiger partial charge < -0.3 is 5.73 Å². The zero-order valence-electron chi connectivity index (χ0n) is 10.4. The van der Waals surface area contributed by atoms with Crippen molar-refractivity contribution in [1.29, 1.82) is 0 Å². The predicted molar refractivity (Wildman–Crippen MR) is 73.3 cm³/mol. The smallest absolute Gasteiger partial charge is 0.0934 e. The van der Waals surface area contributed by atoms with Gasteiger partial charge in [0.05, 0.1) is 10.7 Å². The van der Waals surface area contributed by atoms with Crippen molar-refractivity contribution >= 4 is 11.3 Å². The van der Waals surface area contributed by atoms with E-state index in [0.29, 0.717) is 6.54 Å². The van der Waals surface area contributed by atoms with Crippen molar-refractivity contribution in [2.75, 3.05) is 0 Å². The van der Waals surface area contributed by atoms with E-state index < -0.39 is 0 Å². The van der Waals surface area contributed by atoms with Gasteiger partial charge in [-0.05, 0) is 31.4 Å². The van der Waals surface area contributed by atoms with Crippen LogP contribution in [0, 0.1) is 13.8 Å². The van der Waals surface area contributed by atoms with Crippen molar-refractivity contribution < 1.29 is 0 Å². The summed E-state index contributed by atoms with van der Waals surface area (Å²) in [5, 5.41) is 1.20.